The highest BCUT2D eigenvalue weighted by molar-refractivity contribution is 5.78. The standard InChI is InChI=1S/C16H21FN2O2/c1-18(14-6-7-14)16(20)11-19-8-9-21-15(10-19)12-2-4-13(17)5-3-12/h2-5,14-15H,6-11H2,1H3. The molecule has 1 aliphatic carbocycles. The molecule has 0 radical (unpaired) electrons. The van der Waals surface area contributed by atoms with Gasteiger partial charge in [-0.3, -0.25) is 9.69 Å². The first kappa shape index (κ1) is 14.5. The minimum absolute atomic E-state index is 0.0848. The number of nitrogens with zero attached hydrogens (tertiary/aromatic N) is 2. The van der Waals surface area contributed by atoms with Crippen LogP contribution < -0.4 is 0 Å². The van der Waals surface area contributed by atoms with E-state index in [1.54, 1.807) is 12.1 Å². The van der Waals surface area contributed by atoms with Gasteiger partial charge in [0.25, 0.3) is 0 Å². The fraction of sp³-hybridized carbons (Fsp3) is 0.562. The second-order valence-corrected chi connectivity index (χ2v) is 5.88. The van der Waals surface area contributed by atoms with Crippen LogP contribution in [0, 0.1) is 5.82 Å². The molecule has 5 heteroatoms. The third-order valence-corrected chi connectivity index (χ3v) is 4.24. The quantitative estimate of drug-likeness (QED) is 0.848. The average molecular weight is 292 g/mol. The normalized spacial score (nSPS) is 23.0. The summed E-state index contributed by atoms with van der Waals surface area (Å²) in [5, 5.41) is 0. The van der Waals surface area contributed by atoms with Crippen LogP contribution in [0.5, 0.6) is 0 Å². The van der Waals surface area contributed by atoms with Gasteiger partial charge in [0.05, 0.1) is 19.3 Å². The summed E-state index contributed by atoms with van der Waals surface area (Å²) in [4.78, 5) is 16.2. The smallest absolute Gasteiger partial charge is 0.236 e. The molecule has 1 unspecified atom stereocenters. The molecule has 1 saturated heterocycles. The van der Waals surface area contributed by atoms with Gasteiger partial charge in [-0.05, 0) is 30.5 Å². The number of carbonyl (C=O) groups is 1. The summed E-state index contributed by atoms with van der Waals surface area (Å²) < 4.78 is 18.7. The molecule has 3 rings (SSSR count). The predicted molar refractivity (Wildman–Crippen MR) is 77.3 cm³/mol. The highest BCUT2D eigenvalue weighted by Crippen LogP contribution is 2.26. The van der Waals surface area contributed by atoms with E-state index < -0.39 is 0 Å². The van der Waals surface area contributed by atoms with Gasteiger partial charge in [0.2, 0.25) is 5.91 Å². The van der Waals surface area contributed by atoms with Gasteiger partial charge in [-0.15, -0.1) is 0 Å². The van der Waals surface area contributed by atoms with Crippen LogP contribution >= 0.6 is 0 Å². The molecule has 21 heavy (non-hydrogen) atoms. The molecule has 1 heterocycles. The molecule has 0 bridgehead atoms. The van der Waals surface area contributed by atoms with Crippen molar-refractivity contribution >= 4 is 5.91 Å². The molecule has 1 aromatic rings. The Balaban J connectivity index is 1.57. The SMILES string of the molecule is CN(C(=O)CN1CCOC(c2ccc(F)cc2)C1)C1CC1. The third kappa shape index (κ3) is 3.60. The Morgan fingerprint density at radius 3 is 2.76 bits per heavy atom. The maximum atomic E-state index is 13.0. The summed E-state index contributed by atoms with van der Waals surface area (Å²) in [6.07, 6.45) is 2.17. The summed E-state index contributed by atoms with van der Waals surface area (Å²) in [6.45, 7) is 2.48. The summed E-state index contributed by atoms with van der Waals surface area (Å²) in [7, 11) is 1.89. The lowest BCUT2D eigenvalue weighted by molar-refractivity contribution is -0.133. The molecule has 1 amide bonds. The maximum Gasteiger partial charge on any atom is 0.236 e. The lowest BCUT2D eigenvalue weighted by Gasteiger charge is -2.33. The second-order valence-electron chi connectivity index (χ2n) is 5.88. The van der Waals surface area contributed by atoms with Crippen molar-refractivity contribution in [3.8, 4) is 0 Å². The van der Waals surface area contributed by atoms with Crippen LogP contribution in [0.25, 0.3) is 0 Å². The summed E-state index contributed by atoms with van der Waals surface area (Å²) in [6, 6.07) is 6.85. The minimum atomic E-state index is -0.243. The molecular formula is C16H21FN2O2. The van der Waals surface area contributed by atoms with Crippen molar-refractivity contribution in [1.29, 1.82) is 0 Å². The van der Waals surface area contributed by atoms with Crippen molar-refractivity contribution in [2.75, 3.05) is 33.3 Å². The molecule has 1 atom stereocenters. The van der Waals surface area contributed by atoms with Gasteiger partial charge in [0, 0.05) is 26.2 Å². The van der Waals surface area contributed by atoms with E-state index in [2.05, 4.69) is 4.90 Å². The van der Waals surface area contributed by atoms with E-state index in [-0.39, 0.29) is 17.8 Å². The fourth-order valence-electron chi connectivity index (χ4n) is 2.69. The topological polar surface area (TPSA) is 32.8 Å². The van der Waals surface area contributed by atoms with Crippen LogP contribution in [0.1, 0.15) is 24.5 Å². The first-order chi connectivity index (χ1) is 10.1. The van der Waals surface area contributed by atoms with Crippen LogP contribution in [0.4, 0.5) is 4.39 Å². The molecule has 114 valence electrons. The first-order valence-electron chi connectivity index (χ1n) is 7.48. The van der Waals surface area contributed by atoms with Gasteiger partial charge in [0.15, 0.2) is 0 Å². The Hall–Kier alpha value is -1.46. The number of likely N-dealkylation sites (N-methyl/N-ethyl adjacent to an activating group) is 1. The van der Waals surface area contributed by atoms with Crippen molar-refractivity contribution < 1.29 is 13.9 Å². The monoisotopic (exact) mass is 292 g/mol. The van der Waals surface area contributed by atoms with Crippen molar-refractivity contribution in [2.45, 2.75) is 25.0 Å². The molecule has 4 nitrogen and oxygen atoms in total. The van der Waals surface area contributed by atoms with E-state index in [9.17, 15) is 9.18 Å². The molecule has 1 aromatic carbocycles. The fourth-order valence-corrected chi connectivity index (χ4v) is 2.69. The molecule has 2 fully saturated rings. The minimum Gasteiger partial charge on any atom is -0.371 e. The third-order valence-electron chi connectivity index (χ3n) is 4.24. The lowest BCUT2D eigenvalue weighted by atomic mass is 10.1. The zero-order valence-corrected chi connectivity index (χ0v) is 12.3. The number of ether oxygens (including phenoxy) is 1. The number of amides is 1. The van der Waals surface area contributed by atoms with Gasteiger partial charge >= 0.3 is 0 Å². The number of benzene rings is 1. The summed E-state index contributed by atoms with van der Waals surface area (Å²) >= 11 is 0. The van der Waals surface area contributed by atoms with E-state index in [4.69, 9.17) is 4.74 Å². The van der Waals surface area contributed by atoms with E-state index in [1.807, 2.05) is 11.9 Å². The summed E-state index contributed by atoms with van der Waals surface area (Å²) in [5.41, 5.74) is 0.962. The first-order valence-corrected chi connectivity index (χ1v) is 7.48. The Labute approximate surface area is 124 Å². The van der Waals surface area contributed by atoms with Crippen LogP contribution in [-0.2, 0) is 9.53 Å². The number of rotatable bonds is 4. The van der Waals surface area contributed by atoms with Gasteiger partial charge in [-0.2, -0.15) is 0 Å². The van der Waals surface area contributed by atoms with E-state index >= 15 is 0 Å². The molecule has 1 aliphatic heterocycles. The zero-order chi connectivity index (χ0) is 14.8. The van der Waals surface area contributed by atoms with Gasteiger partial charge < -0.3 is 9.64 Å². The van der Waals surface area contributed by atoms with E-state index in [0.29, 0.717) is 25.7 Å². The van der Waals surface area contributed by atoms with Crippen molar-refractivity contribution in [3.05, 3.63) is 35.6 Å². The van der Waals surface area contributed by atoms with Crippen molar-refractivity contribution in [1.82, 2.24) is 9.80 Å². The zero-order valence-electron chi connectivity index (χ0n) is 12.3. The Bertz CT molecular complexity index is 502. The Morgan fingerprint density at radius 1 is 1.38 bits per heavy atom. The molecular weight excluding hydrogens is 271 g/mol. The molecule has 1 saturated carbocycles. The second kappa shape index (κ2) is 6.12. The van der Waals surface area contributed by atoms with E-state index in [1.165, 1.54) is 12.1 Å². The van der Waals surface area contributed by atoms with Crippen LogP contribution in [0.3, 0.4) is 0 Å². The number of morpholine rings is 1. The predicted octanol–water partition coefficient (Wildman–Crippen LogP) is 1.82. The number of halogens is 1. The van der Waals surface area contributed by atoms with Gasteiger partial charge in [0.1, 0.15) is 5.82 Å². The maximum absolute atomic E-state index is 13.0. The highest BCUT2D eigenvalue weighted by Gasteiger charge is 2.31. The van der Waals surface area contributed by atoms with E-state index in [0.717, 1.165) is 24.9 Å². The number of carbonyl (C=O) groups excluding carboxylic acids is 1. The number of hydrogen-bond donors (Lipinski definition) is 0. The van der Waals surface area contributed by atoms with Crippen LogP contribution in [0.2, 0.25) is 0 Å². The van der Waals surface area contributed by atoms with Gasteiger partial charge in [-0.25, -0.2) is 4.39 Å². The van der Waals surface area contributed by atoms with Gasteiger partial charge in [-0.1, -0.05) is 12.1 Å². The lowest BCUT2D eigenvalue weighted by Crippen LogP contribution is -2.45. The van der Waals surface area contributed by atoms with Crippen LogP contribution in [-0.4, -0.2) is 55.0 Å². The Kier molecular flexibility index (Phi) is 4.22. The molecule has 0 aromatic heterocycles. The Morgan fingerprint density at radius 2 is 2.10 bits per heavy atom. The molecule has 0 N–H and O–H groups in total. The molecule has 2 aliphatic rings. The highest BCUT2D eigenvalue weighted by atomic mass is 19.1. The average Bonchev–Trinajstić information content (AvgIpc) is 3.32. The molecule has 0 spiro atoms. The van der Waals surface area contributed by atoms with Crippen molar-refractivity contribution in [2.24, 2.45) is 0 Å². The number of hydrogen-bond acceptors (Lipinski definition) is 3. The van der Waals surface area contributed by atoms with Crippen LogP contribution in [0.15, 0.2) is 24.3 Å². The summed E-state index contributed by atoms with van der Waals surface area (Å²) in [5.74, 6) is -0.0649. The largest absolute Gasteiger partial charge is 0.371 e. The van der Waals surface area contributed by atoms with Crippen molar-refractivity contribution in [3.63, 3.8) is 0 Å².